The van der Waals surface area contributed by atoms with Gasteiger partial charge in [-0.1, -0.05) is 24.3 Å². The van der Waals surface area contributed by atoms with Crippen LogP contribution in [0, 0.1) is 6.92 Å². The van der Waals surface area contributed by atoms with Crippen molar-refractivity contribution in [3.8, 4) is 11.1 Å². The van der Waals surface area contributed by atoms with Gasteiger partial charge in [0.05, 0.1) is 0 Å². The molecule has 0 saturated carbocycles. The van der Waals surface area contributed by atoms with E-state index in [0.29, 0.717) is 5.92 Å². The highest BCUT2D eigenvalue weighted by molar-refractivity contribution is 7.12. The Labute approximate surface area is 126 Å². The first-order valence-electron chi connectivity index (χ1n) is 7.40. The van der Waals surface area contributed by atoms with Crippen molar-refractivity contribution in [2.24, 2.45) is 0 Å². The molecular weight excluding hydrogens is 262 g/mol. The lowest BCUT2D eigenvalue weighted by atomic mass is 9.97. The molecule has 1 nitrogen and oxygen atoms in total. The van der Waals surface area contributed by atoms with Crippen LogP contribution in [0.3, 0.4) is 0 Å². The average Bonchev–Trinajstić information content (AvgIpc) is 2.86. The molecular formula is C18H23NS. The van der Waals surface area contributed by atoms with E-state index in [0.717, 1.165) is 6.54 Å². The van der Waals surface area contributed by atoms with Crippen molar-refractivity contribution < 1.29 is 0 Å². The number of benzene rings is 1. The van der Waals surface area contributed by atoms with Gasteiger partial charge in [0.1, 0.15) is 0 Å². The molecule has 0 fully saturated rings. The Kier molecular flexibility index (Phi) is 3.47. The summed E-state index contributed by atoms with van der Waals surface area (Å²) in [5.74, 6) is 0.578. The lowest BCUT2D eigenvalue weighted by molar-refractivity contribution is 0.417. The van der Waals surface area contributed by atoms with Crippen molar-refractivity contribution in [1.82, 2.24) is 5.32 Å². The second kappa shape index (κ2) is 5.01. The van der Waals surface area contributed by atoms with Crippen LogP contribution in [-0.4, -0.2) is 12.1 Å². The van der Waals surface area contributed by atoms with E-state index in [1.54, 1.807) is 4.88 Å². The molecule has 1 N–H and O–H groups in total. The number of nitrogens with one attached hydrogen (secondary N) is 1. The summed E-state index contributed by atoms with van der Waals surface area (Å²) in [4.78, 5) is 3.00. The summed E-state index contributed by atoms with van der Waals surface area (Å²) >= 11 is 1.97. The number of thiophene rings is 1. The highest BCUT2D eigenvalue weighted by atomic mass is 32.1. The maximum atomic E-state index is 3.62. The van der Waals surface area contributed by atoms with Crippen LogP contribution >= 0.6 is 11.3 Å². The van der Waals surface area contributed by atoms with E-state index in [-0.39, 0.29) is 5.54 Å². The van der Waals surface area contributed by atoms with Crippen molar-refractivity contribution in [2.45, 2.75) is 45.6 Å². The standard InChI is InChI=1S/C18H23NS/c1-12-11-16-14-8-6-5-7-13(14)15(17(16)20-12)9-10-19-18(2,3)4/h5-8,11,15,19H,9-10H2,1-4H3. The van der Waals surface area contributed by atoms with Gasteiger partial charge in [0.25, 0.3) is 0 Å². The van der Waals surface area contributed by atoms with Gasteiger partial charge in [0.2, 0.25) is 0 Å². The SMILES string of the molecule is Cc1cc2c(s1)C(CCNC(C)(C)C)c1ccccc1-2. The van der Waals surface area contributed by atoms with Crippen LogP contribution in [0.25, 0.3) is 11.1 Å². The van der Waals surface area contributed by atoms with E-state index in [1.165, 1.54) is 28.0 Å². The van der Waals surface area contributed by atoms with Crippen LogP contribution < -0.4 is 5.32 Å². The fourth-order valence-corrected chi connectivity index (χ4v) is 4.26. The van der Waals surface area contributed by atoms with E-state index in [2.05, 4.69) is 63.3 Å². The molecule has 1 atom stereocenters. The van der Waals surface area contributed by atoms with Crippen molar-refractivity contribution in [3.63, 3.8) is 0 Å². The second-order valence-electron chi connectivity index (χ2n) is 6.74. The molecule has 0 radical (unpaired) electrons. The van der Waals surface area contributed by atoms with Crippen molar-refractivity contribution in [2.75, 3.05) is 6.54 Å². The molecule has 2 aromatic rings. The van der Waals surface area contributed by atoms with Gasteiger partial charge in [-0.2, -0.15) is 0 Å². The number of fused-ring (bicyclic) bond motifs is 3. The summed E-state index contributed by atoms with van der Waals surface area (Å²) in [6.45, 7) is 9.98. The predicted octanol–water partition coefficient (Wildman–Crippen LogP) is 4.95. The smallest absolute Gasteiger partial charge is 0.0208 e. The Bertz CT molecular complexity index is 619. The minimum Gasteiger partial charge on any atom is -0.312 e. The van der Waals surface area contributed by atoms with Gasteiger partial charge in [0.15, 0.2) is 0 Å². The van der Waals surface area contributed by atoms with Gasteiger partial charge < -0.3 is 5.32 Å². The third kappa shape index (κ3) is 2.55. The highest BCUT2D eigenvalue weighted by Gasteiger charge is 2.30. The van der Waals surface area contributed by atoms with Crippen LogP contribution in [0.5, 0.6) is 0 Å². The van der Waals surface area contributed by atoms with Crippen molar-refractivity contribution in [3.05, 3.63) is 45.6 Å². The molecule has 1 heterocycles. The maximum Gasteiger partial charge on any atom is 0.0208 e. The molecule has 0 aliphatic heterocycles. The maximum absolute atomic E-state index is 3.62. The zero-order valence-electron chi connectivity index (χ0n) is 12.8. The van der Waals surface area contributed by atoms with Gasteiger partial charge in [0, 0.05) is 21.2 Å². The molecule has 1 aliphatic carbocycles. The molecule has 1 unspecified atom stereocenters. The van der Waals surface area contributed by atoms with Crippen LogP contribution in [0.4, 0.5) is 0 Å². The van der Waals surface area contributed by atoms with E-state index in [9.17, 15) is 0 Å². The number of hydrogen-bond acceptors (Lipinski definition) is 2. The van der Waals surface area contributed by atoms with E-state index < -0.39 is 0 Å². The summed E-state index contributed by atoms with van der Waals surface area (Å²) in [5.41, 5.74) is 4.65. The van der Waals surface area contributed by atoms with Crippen molar-refractivity contribution in [1.29, 1.82) is 0 Å². The fraction of sp³-hybridized carbons (Fsp3) is 0.444. The molecule has 0 saturated heterocycles. The third-order valence-electron chi connectivity index (χ3n) is 3.92. The molecule has 1 aromatic carbocycles. The minimum absolute atomic E-state index is 0.201. The first-order valence-corrected chi connectivity index (χ1v) is 8.22. The molecule has 0 amide bonds. The van der Waals surface area contributed by atoms with E-state index in [4.69, 9.17) is 0 Å². The molecule has 1 aliphatic rings. The summed E-state index contributed by atoms with van der Waals surface area (Å²) in [6, 6.07) is 11.3. The van der Waals surface area contributed by atoms with Crippen LogP contribution in [0.15, 0.2) is 30.3 Å². The van der Waals surface area contributed by atoms with Crippen LogP contribution in [0.2, 0.25) is 0 Å². The first kappa shape index (κ1) is 13.8. The quantitative estimate of drug-likeness (QED) is 0.841. The Hall–Kier alpha value is -1.12. The first-order chi connectivity index (χ1) is 9.46. The predicted molar refractivity (Wildman–Crippen MR) is 88.7 cm³/mol. The lowest BCUT2D eigenvalue weighted by Gasteiger charge is -2.22. The molecule has 106 valence electrons. The topological polar surface area (TPSA) is 12.0 Å². The van der Waals surface area contributed by atoms with Gasteiger partial charge in [-0.05, 0) is 63.4 Å². The Balaban J connectivity index is 1.87. The average molecular weight is 285 g/mol. The normalized spacial score (nSPS) is 17.1. The van der Waals surface area contributed by atoms with Gasteiger partial charge in [-0.15, -0.1) is 11.3 Å². The minimum atomic E-state index is 0.201. The van der Waals surface area contributed by atoms with Gasteiger partial charge in [-0.3, -0.25) is 0 Å². The molecule has 2 heteroatoms. The van der Waals surface area contributed by atoms with E-state index in [1.807, 2.05) is 11.3 Å². The number of aryl methyl sites for hydroxylation is 1. The van der Waals surface area contributed by atoms with Crippen LogP contribution in [-0.2, 0) is 0 Å². The zero-order valence-corrected chi connectivity index (χ0v) is 13.6. The summed E-state index contributed by atoms with van der Waals surface area (Å²) in [7, 11) is 0. The molecule has 0 spiro atoms. The number of rotatable bonds is 3. The fourth-order valence-electron chi connectivity index (χ4n) is 3.07. The van der Waals surface area contributed by atoms with Gasteiger partial charge >= 0.3 is 0 Å². The molecule has 20 heavy (non-hydrogen) atoms. The Morgan fingerprint density at radius 1 is 1.15 bits per heavy atom. The highest BCUT2D eigenvalue weighted by Crippen LogP contribution is 2.49. The molecule has 1 aromatic heterocycles. The third-order valence-corrected chi connectivity index (χ3v) is 5.08. The Morgan fingerprint density at radius 3 is 2.65 bits per heavy atom. The van der Waals surface area contributed by atoms with Crippen molar-refractivity contribution >= 4 is 11.3 Å². The molecule has 0 bridgehead atoms. The monoisotopic (exact) mass is 285 g/mol. The van der Waals surface area contributed by atoms with E-state index >= 15 is 0 Å². The second-order valence-corrected chi connectivity index (χ2v) is 8.03. The van der Waals surface area contributed by atoms with Gasteiger partial charge in [-0.25, -0.2) is 0 Å². The summed E-state index contributed by atoms with van der Waals surface area (Å²) in [5, 5.41) is 3.62. The zero-order chi connectivity index (χ0) is 14.3. The molecule has 3 rings (SSSR count). The Morgan fingerprint density at radius 2 is 1.90 bits per heavy atom. The summed E-state index contributed by atoms with van der Waals surface area (Å²) in [6.07, 6.45) is 1.18. The van der Waals surface area contributed by atoms with Crippen LogP contribution in [0.1, 0.15) is 48.4 Å². The summed E-state index contributed by atoms with van der Waals surface area (Å²) < 4.78 is 0. The lowest BCUT2D eigenvalue weighted by Crippen LogP contribution is -2.36. The largest absolute Gasteiger partial charge is 0.312 e. The number of hydrogen-bond donors (Lipinski definition) is 1.